The first-order valence-corrected chi connectivity index (χ1v) is 10.7. The van der Waals surface area contributed by atoms with E-state index in [1.165, 1.54) is 17.2 Å². The fourth-order valence-corrected chi connectivity index (χ4v) is 4.34. The molecule has 2 heterocycles. The standard InChI is InChI=1S/C24H30FN3O2.HI/c1-26-23(27-11-7-18-5-6-22-19(15-18)8-12-30-22)28-17-24(9-13-29-14-10-24)20-3-2-4-21(25)16-20;/h2-6,15-16H,7-14,17H2,1H3,(H2,26,27,28);1H. The number of nitrogens with zero attached hydrogens (tertiary/aromatic N) is 1. The number of guanidine groups is 1. The zero-order chi connectivity index (χ0) is 20.8. The Bertz CT molecular complexity index is 900. The van der Waals surface area contributed by atoms with E-state index in [-0.39, 0.29) is 35.2 Å². The van der Waals surface area contributed by atoms with Crippen molar-refractivity contribution in [1.29, 1.82) is 0 Å². The van der Waals surface area contributed by atoms with Crippen molar-refractivity contribution in [3.05, 3.63) is 65.0 Å². The summed E-state index contributed by atoms with van der Waals surface area (Å²) in [6.45, 7) is 3.63. The fraction of sp³-hybridized carbons (Fsp3) is 0.458. The number of nitrogens with one attached hydrogen (secondary N) is 2. The predicted octanol–water partition coefficient (Wildman–Crippen LogP) is 3.83. The molecular formula is C24H31FIN3O2. The molecule has 4 rings (SSSR count). The van der Waals surface area contributed by atoms with Gasteiger partial charge in [0.2, 0.25) is 0 Å². The van der Waals surface area contributed by atoms with E-state index in [0.717, 1.165) is 56.1 Å². The molecule has 2 N–H and O–H groups in total. The Balaban J connectivity index is 0.00000272. The van der Waals surface area contributed by atoms with E-state index in [1.54, 1.807) is 19.2 Å². The number of halogens is 2. The van der Waals surface area contributed by atoms with E-state index >= 15 is 0 Å². The summed E-state index contributed by atoms with van der Waals surface area (Å²) < 4.78 is 25.0. The zero-order valence-corrected chi connectivity index (χ0v) is 20.3. The number of hydrogen-bond donors (Lipinski definition) is 2. The van der Waals surface area contributed by atoms with Gasteiger partial charge in [-0.05, 0) is 54.2 Å². The van der Waals surface area contributed by atoms with E-state index in [0.29, 0.717) is 19.8 Å². The second-order valence-electron chi connectivity index (χ2n) is 8.05. The Hall–Kier alpha value is -1.87. The molecule has 2 aromatic carbocycles. The van der Waals surface area contributed by atoms with Crippen molar-refractivity contribution in [2.24, 2.45) is 4.99 Å². The molecule has 2 aliphatic rings. The molecule has 0 unspecified atom stereocenters. The van der Waals surface area contributed by atoms with Crippen molar-refractivity contribution in [3.63, 3.8) is 0 Å². The van der Waals surface area contributed by atoms with Gasteiger partial charge in [0.05, 0.1) is 6.61 Å². The van der Waals surface area contributed by atoms with Gasteiger partial charge in [-0.1, -0.05) is 24.3 Å². The topological polar surface area (TPSA) is 54.9 Å². The molecule has 0 radical (unpaired) electrons. The summed E-state index contributed by atoms with van der Waals surface area (Å²) in [5, 5.41) is 6.87. The van der Waals surface area contributed by atoms with Crippen LogP contribution in [0.3, 0.4) is 0 Å². The van der Waals surface area contributed by atoms with Crippen LogP contribution in [0.2, 0.25) is 0 Å². The van der Waals surface area contributed by atoms with Crippen LogP contribution in [0.4, 0.5) is 4.39 Å². The molecule has 1 fully saturated rings. The predicted molar refractivity (Wildman–Crippen MR) is 132 cm³/mol. The maximum atomic E-state index is 13.9. The number of benzene rings is 2. The van der Waals surface area contributed by atoms with Gasteiger partial charge in [0, 0.05) is 45.2 Å². The molecule has 0 atom stereocenters. The molecule has 0 bridgehead atoms. The van der Waals surface area contributed by atoms with E-state index < -0.39 is 0 Å². The average molecular weight is 539 g/mol. The van der Waals surface area contributed by atoms with Gasteiger partial charge in [0.1, 0.15) is 11.6 Å². The second-order valence-corrected chi connectivity index (χ2v) is 8.05. The molecule has 0 saturated carbocycles. The first kappa shape index (κ1) is 23.8. The highest BCUT2D eigenvalue weighted by Crippen LogP contribution is 2.34. The lowest BCUT2D eigenvalue weighted by Gasteiger charge is -2.38. The van der Waals surface area contributed by atoms with Crippen LogP contribution in [0.5, 0.6) is 5.75 Å². The van der Waals surface area contributed by atoms with E-state index in [1.807, 2.05) is 6.07 Å². The molecule has 5 nitrogen and oxygen atoms in total. The smallest absolute Gasteiger partial charge is 0.191 e. The third-order valence-electron chi connectivity index (χ3n) is 6.16. The number of aliphatic imine (C=N–C) groups is 1. The summed E-state index contributed by atoms with van der Waals surface area (Å²) in [5.41, 5.74) is 3.46. The molecule has 168 valence electrons. The van der Waals surface area contributed by atoms with Crippen LogP contribution >= 0.6 is 24.0 Å². The van der Waals surface area contributed by atoms with Crippen molar-refractivity contribution in [1.82, 2.24) is 10.6 Å². The lowest BCUT2D eigenvalue weighted by molar-refractivity contribution is 0.0513. The lowest BCUT2D eigenvalue weighted by Crippen LogP contribution is -2.48. The zero-order valence-electron chi connectivity index (χ0n) is 18.0. The molecule has 1 saturated heterocycles. The Morgan fingerprint density at radius 1 is 1.10 bits per heavy atom. The van der Waals surface area contributed by atoms with Gasteiger partial charge >= 0.3 is 0 Å². The second kappa shape index (κ2) is 11.1. The van der Waals surface area contributed by atoms with Crippen molar-refractivity contribution in [2.45, 2.75) is 31.1 Å². The minimum absolute atomic E-state index is 0. The molecule has 0 aromatic heterocycles. The summed E-state index contributed by atoms with van der Waals surface area (Å²) in [5.74, 6) is 1.59. The Kier molecular flexibility index (Phi) is 8.54. The minimum atomic E-state index is -0.194. The first-order chi connectivity index (χ1) is 14.7. The van der Waals surface area contributed by atoms with E-state index in [4.69, 9.17) is 9.47 Å². The van der Waals surface area contributed by atoms with Crippen LogP contribution in [-0.2, 0) is 23.0 Å². The van der Waals surface area contributed by atoms with Crippen LogP contribution < -0.4 is 15.4 Å². The molecule has 0 amide bonds. The molecular weight excluding hydrogens is 508 g/mol. The summed E-state index contributed by atoms with van der Waals surface area (Å²) in [4.78, 5) is 4.37. The highest BCUT2D eigenvalue weighted by atomic mass is 127. The molecule has 7 heteroatoms. The SMILES string of the molecule is CN=C(NCCc1ccc2c(c1)CCO2)NCC1(c2cccc(F)c2)CCOCC1.I. The van der Waals surface area contributed by atoms with Gasteiger partial charge in [-0.25, -0.2) is 4.39 Å². The van der Waals surface area contributed by atoms with Gasteiger partial charge in [-0.3, -0.25) is 4.99 Å². The third kappa shape index (κ3) is 5.88. The number of ether oxygens (including phenoxy) is 2. The Labute approximate surface area is 200 Å². The summed E-state index contributed by atoms with van der Waals surface area (Å²) in [6.07, 6.45) is 3.62. The third-order valence-corrected chi connectivity index (χ3v) is 6.16. The van der Waals surface area contributed by atoms with Gasteiger partial charge in [0.15, 0.2) is 5.96 Å². The van der Waals surface area contributed by atoms with Gasteiger partial charge < -0.3 is 20.1 Å². The van der Waals surface area contributed by atoms with Crippen molar-refractivity contribution in [3.8, 4) is 5.75 Å². The quantitative estimate of drug-likeness (QED) is 0.333. The Morgan fingerprint density at radius 3 is 2.71 bits per heavy atom. The van der Waals surface area contributed by atoms with Gasteiger partial charge in [-0.2, -0.15) is 0 Å². The minimum Gasteiger partial charge on any atom is -0.493 e. The highest BCUT2D eigenvalue weighted by Gasteiger charge is 2.34. The van der Waals surface area contributed by atoms with Crippen LogP contribution in [0.1, 0.15) is 29.5 Å². The first-order valence-electron chi connectivity index (χ1n) is 10.7. The maximum absolute atomic E-state index is 13.9. The summed E-state index contributed by atoms with van der Waals surface area (Å²) >= 11 is 0. The van der Waals surface area contributed by atoms with Crippen LogP contribution in [0.15, 0.2) is 47.5 Å². The largest absolute Gasteiger partial charge is 0.493 e. The van der Waals surface area contributed by atoms with Crippen LogP contribution in [0, 0.1) is 5.82 Å². The summed E-state index contributed by atoms with van der Waals surface area (Å²) in [7, 11) is 1.78. The summed E-state index contributed by atoms with van der Waals surface area (Å²) in [6, 6.07) is 13.4. The van der Waals surface area contributed by atoms with Crippen molar-refractivity contribution < 1.29 is 13.9 Å². The monoisotopic (exact) mass is 539 g/mol. The van der Waals surface area contributed by atoms with Crippen LogP contribution in [-0.4, -0.2) is 45.9 Å². The number of rotatable bonds is 6. The normalized spacial score (nSPS) is 17.3. The molecule has 31 heavy (non-hydrogen) atoms. The van der Waals surface area contributed by atoms with Crippen molar-refractivity contribution in [2.75, 3.05) is 40.0 Å². The van der Waals surface area contributed by atoms with E-state index in [2.05, 4.69) is 33.8 Å². The molecule has 2 aliphatic heterocycles. The number of hydrogen-bond acceptors (Lipinski definition) is 3. The molecule has 2 aromatic rings. The molecule has 0 spiro atoms. The van der Waals surface area contributed by atoms with Crippen LogP contribution in [0.25, 0.3) is 0 Å². The number of fused-ring (bicyclic) bond motifs is 1. The van der Waals surface area contributed by atoms with E-state index in [9.17, 15) is 4.39 Å². The van der Waals surface area contributed by atoms with Gasteiger partial charge in [-0.15, -0.1) is 24.0 Å². The highest BCUT2D eigenvalue weighted by molar-refractivity contribution is 14.0. The van der Waals surface area contributed by atoms with Crippen molar-refractivity contribution >= 4 is 29.9 Å². The Morgan fingerprint density at radius 2 is 1.94 bits per heavy atom. The average Bonchev–Trinajstić information content (AvgIpc) is 3.25. The molecule has 0 aliphatic carbocycles. The van der Waals surface area contributed by atoms with Gasteiger partial charge in [0.25, 0.3) is 0 Å². The fourth-order valence-electron chi connectivity index (χ4n) is 4.34. The maximum Gasteiger partial charge on any atom is 0.191 e. The lowest BCUT2D eigenvalue weighted by atomic mass is 9.74.